The van der Waals surface area contributed by atoms with Gasteiger partial charge in [-0.05, 0) is 36.4 Å². The molecule has 1 fully saturated rings. The maximum absolute atomic E-state index is 13.0. The fourth-order valence-corrected chi connectivity index (χ4v) is 5.53. The van der Waals surface area contributed by atoms with Crippen LogP contribution in [0.3, 0.4) is 0 Å². The van der Waals surface area contributed by atoms with Crippen LogP contribution < -0.4 is 9.64 Å². The third kappa shape index (κ3) is 4.91. The summed E-state index contributed by atoms with van der Waals surface area (Å²) in [6, 6.07) is 9.87. The van der Waals surface area contributed by atoms with E-state index in [4.69, 9.17) is 0 Å². The molecule has 0 amide bonds. The van der Waals surface area contributed by atoms with Gasteiger partial charge in [-0.3, -0.25) is 0 Å². The number of piperazine rings is 1. The van der Waals surface area contributed by atoms with Gasteiger partial charge in [-0.15, -0.1) is 13.2 Å². The molecule has 4 aromatic rings. The largest absolute Gasteiger partial charge is 0.573 e. The van der Waals surface area contributed by atoms with Gasteiger partial charge in [0.1, 0.15) is 29.6 Å². The zero-order valence-electron chi connectivity index (χ0n) is 19.0. The van der Waals surface area contributed by atoms with E-state index in [2.05, 4.69) is 30.7 Å². The topological polar surface area (TPSA) is 128 Å². The summed E-state index contributed by atoms with van der Waals surface area (Å²) in [6.07, 6.45) is -0.243. The summed E-state index contributed by atoms with van der Waals surface area (Å²) >= 11 is 0. The number of nitriles is 1. The van der Waals surface area contributed by atoms with Crippen LogP contribution in [0.1, 0.15) is 5.56 Å². The number of benzene rings is 1. The van der Waals surface area contributed by atoms with Gasteiger partial charge in [0.2, 0.25) is 10.0 Å². The number of halogens is 3. The number of alkyl halides is 3. The smallest absolute Gasteiger partial charge is 0.406 e. The number of nitrogens with zero attached hydrogens (tertiary/aromatic N) is 6. The summed E-state index contributed by atoms with van der Waals surface area (Å²) in [4.78, 5) is 17.7. The van der Waals surface area contributed by atoms with E-state index in [1.54, 1.807) is 18.5 Å². The Morgan fingerprint density at radius 1 is 1.00 bits per heavy atom. The molecule has 1 saturated heterocycles. The monoisotopic (exact) mass is 529 g/mol. The minimum absolute atomic E-state index is 0.115. The molecular weight excluding hydrogens is 511 g/mol. The van der Waals surface area contributed by atoms with Gasteiger partial charge < -0.3 is 14.6 Å². The lowest BCUT2D eigenvalue weighted by molar-refractivity contribution is -0.274. The number of aromatic amines is 1. The standard InChI is InChI=1S/C23H18F3N7O3S/c24-23(25,26)36-17-2-4-18(5-3-17)37(34,35)33-9-7-32(8-10-33)19-6-1-15(12-28-19)21-20-16(11-27)13-29-22(20)31-14-30-21/h1-6,12-14H,7-10H2,(H,29,30,31). The Kier molecular flexibility index (Phi) is 6.18. The third-order valence-corrected chi connectivity index (χ3v) is 7.78. The molecule has 190 valence electrons. The van der Waals surface area contributed by atoms with E-state index in [0.29, 0.717) is 46.8 Å². The maximum atomic E-state index is 13.0. The number of fused-ring (bicyclic) bond motifs is 1. The zero-order chi connectivity index (χ0) is 26.2. The number of aromatic nitrogens is 4. The lowest BCUT2D eigenvalue weighted by Gasteiger charge is -2.34. The Hall–Kier alpha value is -4.22. The lowest BCUT2D eigenvalue weighted by Crippen LogP contribution is -2.48. The molecule has 0 saturated carbocycles. The van der Waals surface area contributed by atoms with Gasteiger partial charge in [0, 0.05) is 44.1 Å². The minimum atomic E-state index is -4.86. The van der Waals surface area contributed by atoms with Gasteiger partial charge in [-0.25, -0.2) is 23.4 Å². The van der Waals surface area contributed by atoms with Crippen LogP contribution in [-0.4, -0.2) is 65.2 Å². The van der Waals surface area contributed by atoms with Gasteiger partial charge >= 0.3 is 6.36 Å². The van der Waals surface area contributed by atoms with Gasteiger partial charge in [-0.2, -0.15) is 9.57 Å². The van der Waals surface area contributed by atoms with Crippen molar-refractivity contribution < 1.29 is 26.3 Å². The van der Waals surface area contributed by atoms with Crippen LogP contribution in [0.4, 0.5) is 19.0 Å². The molecule has 10 nitrogen and oxygen atoms in total. The molecule has 0 spiro atoms. The Bertz CT molecular complexity index is 1570. The van der Waals surface area contributed by atoms with Crippen LogP contribution in [0.25, 0.3) is 22.3 Å². The highest BCUT2D eigenvalue weighted by Gasteiger charge is 2.32. The summed E-state index contributed by atoms with van der Waals surface area (Å²) < 4.78 is 68.1. The number of hydrogen-bond acceptors (Lipinski definition) is 8. The van der Waals surface area contributed by atoms with E-state index in [9.17, 15) is 26.9 Å². The molecule has 0 unspecified atom stereocenters. The van der Waals surface area contributed by atoms with Crippen molar-refractivity contribution in [2.45, 2.75) is 11.3 Å². The fourth-order valence-electron chi connectivity index (χ4n) is 4.10. The van der Waals surface area contributed by atoms with Crippen molar-refractivity contribution in [2.75, 3.05) is 31.1 Å². The summed E-state index contributed by atoms with van der Waals surface area (Å²) in [6.45, 7) is 1.09. The normalized spacial score (nSPS) is 15.0. The second kappa shape index (κ2) is 9.34. The van der Waals surface area contributed by atoms with E-state index in [1.165, 1.54) is 10.6 Å². The first-order valence-corrected chi connectivity index (χ1v) is 12.4. The first kappa shape index (κ1) is 24.5. The van der Waals surface area contributed by atoms with Crippen LogP contribution in [0, 0.1) is 11.3 Å². The molecule has 1 aliphatic heterocycles. The molecule has 0 aliphatic carbocycles. The predicted molar refractivity (Wildman–Crippen MR) is 126 cm³/mol. The number of nitrogens with one attached hydrogen (secondary N) is 1. The summed E-state index contributed by atoms with van der Waals surface area (Å²) in [7, 11) is -3.89. The summed E-state index contributed by atoms with van der Waals surface area (Å²) in [5.41, 5.74) is 2.25. The van der Waals surface area contributed by atoms with Gasteiger partial charge in [0.15, 0.2) is 0 Å². The molecule has 1 aromatic carbocycles. The zero-order valence-corrected chi connectivity index (χ0v) is 19.8. The van der Waals surface area contributed by atoms with Crippen molar-refractivity contribution >= 4 is 26.9 Å². The first-order valence-electron chi connectivity index (χ1n) is 11.0. The number of rotatable bonds is 5. The van der Waals surface area contributed by atoms with Crippen LogP contribution in [0.5, 0.6) is 5.75 Å². The number of hydrogen-bond donors (Lipinski definition) is 1. The molecule has 0 atom stereocenters. The van der Waals surface area contributed by atoms with E-state index < -0.39 is 22.1 Å². The van der Waals surface area contributed by atoms with E-state index in [0.717, 1.165) is 24.3 Å². The molecule has 1 aliphatic rings. The molecule has 14 heteroatoms. The molecular formula is C23H18F3N7O3S. The lowest BCUT2D eigenvalue weighted by atomic mass is 10.1. The highest BCUT2D eigenvalue weighted by molar-refractivity contribution is 7.89. The molecule has 0 radical (unpaired) electrons. The molecule has 3 aromatic heterocycles. The van der Waals surface area contributed by atoms with Crippen LogP contribution in [-0.2, 0) is 10.0 Å². The van der Waals surface area contributed by atoms with Crippen molar-refractivity contribution in [1.82, 2.24) is 24.2 Å². The number of sulfonamides is 1. The third-order valence-electron chi connectivity index (χ3n) is 5.87. The Balaban J connectivity index is 1.27. The van der Waals surface area contributed by atoms with Crippen LogP contribution in [0.2, 0.25) is 0 Å². The number of anilines is 1. The number of pyridine rings is 1. The van der Waals surface area contributed by atoms with Gasteiger partial charge in [0.25, 0.3) is 0 Å². The first-order chi connectivity index (χ1) is 17.7. The minimum Gasteiger partial charge on any atom is -0.406 e. The average Bonchev–Trinajstić information content (AvgIpc) is 3.32. The second-order valence-electron chi connectivity index (χ2n) is 8.08. The molecule has 0 bridgehead atoms. The van der Waals surface area contributed by atoms with E-state index >= 15 is 0 Å². The van der Waals surface area contributed by atoms with Crippen LogP contribution in [0.15, 0.2) is 60.0 Å². The summed E-state index contributed by atoms with van der Waals surface area (Å²) in [5, 5.41) is 9.98. The Morgan fingerprint density at radius 3 is 2.35 bits per heavy atom. The molecule has 37 heavy (non-hydrogen) atoms. The van der Waals surface area contributed by atoms with Gasteiger partial charge in [0.05, 0.1) is 21.5 Å². The van der Waals surface area contributed by atoms with E-state index in [-0.39, 0.29) is 18.0 Å². The SMILES string of the molecule is N#Cc1c[nH]c2ncnc(-c3ccc(N4CCN(S(=O)(=O)c5ccc(OC(F)(F)F)cc5)CC4)nc3)c12. The molecule has 5 rings (SSSR count). The predicted octanol–water partition coefficient (Wildman–Crippen LogP) is 3.30. The summed E-state index contributed by atoms with van der Waals surface area (Å²) in [5.74, 6) is 0.156. The van der Waals surface area contributed by atoms with Gasteiger partial charge in [-0.1, -0.05) is 0 Å². The quantitative estimate of drug-likeness (QED) is 0.417. The van der Waals surface area contributed by atoms with Crippen molar-refractivity contribution in [2.24, 2.45) is 0 Å². The maximum Gasteiger partial charge on any atom is 0.573 e. The average molecular weight is 530 g/mol. The van der Waals surface area contributed by atoms with Crippen molar-refractivity contribution in [3.8, 4) is 23.1 Å². The Morgan fingerprint density at radius 2 is 1.73 bits per heavy atom. The highest BCUT2D eigenvalue weighted by Crippen LogP contribution is 2.29. The second-order valence-corrected chi connectivity index (χ2v) is 10.0. The van der Waals surface area contributed by atoms with Crippen LogP contribution >= 0.6 is 0 Å². The van der Waals surface area contributed by atoms with Crippen molar-refractivity contribution in [1.29, 1.82) is 5.26 Å². The highest BCUT2D eigenvalue weighted by atomic mass is 32.2. The van der Waals surface area contributed by atoms with Crippen molar-refractivity contribution in [3.63, 3.8) is 0 Å². The fraction of sp³-hybridized carbons (Fsp3) is 0.217. The van der Waals surface area contributed by atoms with E-state index in [1.807, 2.05) is 11.0 Å². The Labute approximate surface area is 209 Å². The molecule has 4 heterocycles. The van der Waals surface area contributed by atoms with Crippen molar-refractivity contribution in [3.05, 3.63) is 60.7 Å². The number of H-pyrrole nitrogens is 1. The number of ether oxygens (including phenoxy) is 1. The molecule has 1 N–H and O–H groups in total.